The van der Waals surface area contributed by atoms with Crippen LogP contribution in [0.4, 0.5) is 0 Å². The highest BCUT2D eigenvalue weighted by Gasteiger charge is 1.96. The maximum Gasteiger partial charge on any atom is 0.303 e. The van der Waals surface area contributed by atoms with Crippen LogP contribution in [0.3, 0.4) is 0 Å². The molecule has 0 aromatic heterocycles. The van der Waals surface area contributed by atoms with E-state index in [2.05, 4.69) is 0 Å². The number of rotatable bonds is 15. The minimum absolute atomic E-state index is 0.336. The van der Waals surface area contributed by atoms with Gasteiger partial charge < -0.3 is 9.84 Å². The van der Waals surface area contributed by atoms with Crippen LogP contribution in [0.1, 0.15) is 83.5 Å². The molecule has 0 radical (unpaired) electrons. The third-order valence-corrected chi connectivity index (χ3v) is 3.49. The maximum atomic E-state index is 10.3. The van der Waals surface area contributed by atoms with Crippen LogP contribution >= 0.6 is 0 Å². The molecular weight excluding hydrogens is 240 g/mol. The molecule has 0 fully saturated rings. The summed E-state index contributed by atoms with van der Waals surface area (Å²) >= 11 is 0. The number of carboxylic acids is 1. The van der Waals surface area contributed by atoms with Crippen molar-refractivity contribution in [1.29, 1.82) is 0 Å². The van der Waals surface area contributed by atoms with Crippen molar-refractivity contribution >= 4 is 5.97 Å². The van der Waals surface area contributed by atoms with Gasteiger partial charge in [0, 0.05) is 20.1 Å². The monoisotopic (exact) mass is 272 g/mol. The third-order valence-electron chi connectivity index (χ3n) is 3.49. The first-order valence-corrected chi connectivity index (χ1v) is 7.98. The largest absolute Gasteiger partial charge is 0.481 e. The highest BCUT2D eigenvalue weighted by Crippen LogP contribution is 2.12. The summed E-state index contributed by atoms with van der Waals surface area (Å²) in [5.74, 6) is -0.662. The van der Waals surface area contributed by atoms with Gasteiger partial charge in [-0.15, -0.1) is 0 Å². The zero-order valence-corrected chi connectivity index (χ0v) is 12.7. The van der Waals surface area contributed by atoms with Crippen molar-refractivity contribution in [2.45, 2.75) is 83.5 Å². The zero-order chi connectivity index (χ0) is 14.2. The molecule has 0 heterocycles. The van der Waals surface area contributed by atoms with E-state index in [0.29, 0.717) is 6.42 Å². The van der Waals surface area contributed by atoms with Gasteiger partial charge >= 0.3 is 5.97 Å². The number of aliphatic carboxylic acids is 1. The van der Waals surface area contributed by atoms with Crippen molar-refractivity contribution in [3.05, 3.63) is 0 Å². The van der Waals surface area contributed by atoms with Crippen LogP contribution in [-0.4, -0.2) is 24.8 Å². The smallest absolute Gasteiger partial charge is 0.303 e. The minimum atomic E-state index is -0.662. The van der Waals surface area contributed by atoms with Crippen LogP contribution in [0.5, 0.6) is 0 Å². The van der Waals surface area contributed by atoms with Gasteiger partial charge in [-0.1, -0.05) is 64.2 Å². The number of hydrogen-bond donors (Lipinski definition) is 1. The van der Waals surface area contributed by atoms with Gasteiger partial charge in [-0.3, -0.25) is 4.79 Å². The highest BCUT2D eigenvalue weighted by atomic mass is 16.5. The molecule has 0 saturated carbocycles. The van der Waals surface area contributed by atoms with Crippen molar-refractivity contribution in [2.75, 3.05) is 13.7 Å². The van der Waals surface area contributed by atoms with Gasteiger partial charge in [0.25, 0.3) is 0 Å². The molecule has 0 aromatic carbocycles. The molecule has 3 heteroatoms. The van der Waals surface area contributed by atoms with Crippen LogP contribution in [0.2, 0.25) is 0 Å². The molecule has 19 heavy (non-hydrogen) atoms. The van der Waals surface area contributed by atoms with E-state index in [4.69, 9.17) is 9.84 Å². The summed E-state index contributed by atoms with van der Waals surface area (Å²) in [6.07, 6.45) is 15.3. The van der Waals surface area contributed by atoms with Gasteiger partial charge in [-0.25, -0.2) is 0 Å². The molecule has 0 bridgehead atoms. The number of methoxy groups -OCH3 is 1. The van der Waals surface area contributed by atoms with Crippen molar-refractivity contribution < 1.29 is 14.6 Å². The number of hydrogen-bond acceptors (Lipinski definition) is 2. The Balaban J connectivity index is 2.93. The molecule has 0 amide bonds. The summed E-state index contributed by atoms with van der Waals surface area (Å²) in [7, 11) is 1.77. The van der Waals surface area contributed by atoms with Gasteiger partial charge in [0.15, 0.2) is 0 Å². The molecule has 0 spiro atoms. The van der Waals surface area contributed by atoms with E-state index in [1.165, 1.54) is 64.2 Å². The summed E-state index contributed by atoms with van der Waals surface area (Å²) in [4.78, 5) is 10.3. The molecule has 114 valence electrons. The average molecular weight is 272 g/mol. The number of unbranched alkanes of at least 4 members (excludes halogenated alkanes) is 11. The summed E-state index contributed by atoms with van der Waals surface area (Å²) < 4.78 is 5.02. The molecule has 0 aliphatic carbocycles. The van der Waals surface area contributed by atoms with Gasteiger partial charge in [0.05, 0.1) is 0 Å². The maximum absolute atomic E-state index is 10.3. The fourth-order valence-corrected chi connectivity index (χ4v) is 2.29. The van der Waals surface area contributed by atoms with E-state index in [0.717, 1.165) is 19.4 Å². The molecule has 0 aliphatic rings. The molecule has 0 aliphatic heterocycles. The Hall–Kier alpha value is -0.570. The Morgan fingerprint density at radius 3 is 1.47 bits per heavy atom. The van der Waals surface area contributed by atoms with E-state index in [9.17, 15) is 4.79 Å². The summed E-state index contributed by atoms with van der Waals surface area (Å²) in [5, 5.41) is 8.50. The number of ether oxygens (including phenoxy) is 1. The van der Waals surface area contributed by atoms with Crippen LogP contribution in [0, 0.1) is 0 Å². The molecule has 1 N–H and O–H groups in total. The first-order chi connectivity index (χ1) is 9.27. The quantitative estimate of drug-likeness (QED) is 0.436. The molecule has 3 nitrogen and oxygen atoms in total. The SMILES string of the molecule is COCCCCCCCCCCCCCCC(=O)O. The predicted molar refractivity (Wildman–Crippen MR) is 79.5 cm³/mol. The Morgan fingerprint density at radius 2 is 1.11 bits per heavy atom. The first-order valence-electron chi connectivity index (χ1n) is 7.98. The molecule has 0 unspecified atom stereocenters. The van der Waals surface area contributed by atoms with E-state index in [1.807, 2.05) is 0 Å². The Morgan fingerprint density at radius 1 is 0.737 bits per heavy atom. The minimum Gasteiger partial charge on any atom is -0.481 e. The lowest BCUT2D eigenvalue weighted by molar-refractivity contribution is -0.137. The lowest BCUT2D eigenvalue weighted by Gasteiger charge is -2.02. The lowest BCUT2D eigenvalue weighted by atomic mass is 10.0. The van der Waals surface area contributed by atoms with E-state index >= 15 is 0 Å². The fourth-order valence-electron chi connectivity index (χ4n) is 2.29. The van der Waals surface area contributed by atoms with E-state index in [1.54, 1.807) is 7.11 Å². The Kier molecular flexibility index (Phi) is 15.0. The second-order valence-corrected chi connectivity index (χ2v) is 5.38. The third kappa shape index (κ3) is 17.4. The predicted octanol–water partition coefficient (Wildman–Crippen LogP) is 4.79. The molecular formula is C16H32O3. The lowest BCUT2D eigenvalue weighted by Crippen LogP contribution is -1.93. The molecule has 0 saturated heterocycles. The Bertz CT molecular complexity index is 192. The van der Waals surface area contributed by atoms with Crippen molar-refractivity contribution in [3.63, 3.8) is 0 Å². The van der Waals surface area contributed by atoms with Gasteiger partial charge in [-0.05, 0) is 12.8 Å². The van der Waals surface area contributed by atoms with Crippen molar-refractivity contribution in [1.82, 2.24) is 0 Å². The van der Waals surface area contributed by atoms with Gasteiger partial charge in [-0.2, -0.15) is 0 Å². The molecule has 0 atom stereocenters. The van der Waals surface area contributed by atoms with E-state index in [-0.39, 0.29) is 0 Å². The van der Waals surface area contributed by atoms with Gasteiger partial charge in [0.1, 0.15) is 0 Å². The topological polar surface area (TPSA) is 46.5 Å². The first kappa shape index (κ1) is 18.4. The van der Waals surface area contributed by atoms with Crippen molar-refractivity contribution in [3.8, 4) is 0 Å². The highest BCUT2D eigenvalue weighted by molar-refractivity contribution is 5.66. The normalized spacial score (nSPS) is 10.8. The Labute approximate surface area is 118 Å². The van der Waals surface area contributed by atoms with Crippen molar-refractivity contribution in [2.24, 2.45) is 0 Å². The van der Waals surface area contributed by atoms with Gasteiger partial charge in [0.2, 0.25) is 0 Å². The summed E-state index contributed by atoms with van der Waals surface area (Å²) in [6.45, 7) is 0.905. The van der Waals surface area contributed by atoms with Crippen LogP contribution in [-0.2, 0) is 9.53 Å². The van der Waals surface area contributed by atoms with Crippen LogP contribution in [0.25, 0.3) is 0 Å². The average Bonchev–Trinajstić information content (AvgIpc) is 2.39. The molecule has 0 rings (SSSR count). The summed E-state index contributed by atoms with van der Waals surface area (Å²) in [6, 6.07) is 0. The zero-order valence-electron chi connectivity index (χ0n) is 12.7. The fraction of sp³-hybridized carbons (Fsp3) is 0.938. The number of carbonyl (C=O) groups is 1. The second-order valence-electron chi connectivity index (χ2n) is 5.38. The second kappa shape index (κ2) is 15.5. The number of carboxylic acid groups (broad SMARTS) is 1. The molecule has 0 aromatic rings. The van der Waals surface area contributed by atoms with Crippen LogP contribution < -0.4 is 0 Å². The summed E-state index contributed by atoms with van der Waals surface area (Å²) in [5.41, 5.74) is 0. The van der Waals surface area contributed by atoms with Crippen LogP contribution in [0.15, 0.2) is 0 Å². The van der Waals surface area contributed by atoms with E-state index < -0.39 is 5.97 Å². The standard InChI is InChI=1S/C16H32O3/c1-19-15-13-11-9-7-5-3-2-4-6-8-10-12-14-16(17)18/h2-15H2,1H3,(H,17,18).